The molecule has 3 nitrogen and oxygen atoms in total. The van der Waals surface area contributed by atoms with E-state index in [2.05, 4.69) is 4.98 Å². The largest absolute Gasteiger partial charge is 0.435 e. The van der Waals surface area contributed by atoms with Crippen LogP contribution in [-0.2, 0) is 0 Å². The van der Waals surface area contributed by atoms with E-state index in [1.807, 2.05) is 12.1 Å². The standard InChI is InChI=1S/C13H8Cl2N2O/c14-8-4-7(5-9(16)6-8)13-17-11-3-1-2-10(15)12(11)18-13/h1-6H,16H2. The summed E-state index contributed by atoms with van der Waals surface area (Å²) >= 11 is 12.0. The van der Waals surface area contributed by atoms with Crippen LogP contribution in [0.3, 0.4) is 0 Å². The summed E-state index contributed by atoms with van der Waals surface area (Å²) in [6.07, 6.45) is 0. The Hall–Kier alpha value is -1.71. The van der Waals surface area contributed by atoms with Crippen molar-refractivity contribution < 1.29 is 4.42 Å². The minimum Gasteiger partial charge on any atom is -0.435 e. The maximum Gasteiger partial charge on any atom is 0.227 e. The summed E-state index contributed by atoms with van der Waals surface area (Å²) in [5.41, 5.74) is 8.30. The van der Waals surface area contributed by atoms with Gasteiger partial charge in [-0.3, -0.25) is 0 Å². The number of rotatable bonds is 1. The Labute approximate surface area is 113 Å². The van der Waals surface area contributed by atoms with E-state index in [9.17, 15) is 0 Å². The third kappa shape index (κ3) is 1.92. The van der Waals surface area contributed by atoms with Crippen LogP contribution in [-0.4, -0.2) is 4.98 Å². The van der Waals surface area contributed by atoms with Crippen molar-refractivity contribution in [2.75, 3.05) is 5.73 Å². The van der Waals surface area contributed by atoms with Crippen molar-refractivity contribution >= 4 is 40.0 Å². The summed E-state index contributed by atoms with van der Waals surface area (Å²) in [4.78, 5) is 4.36. The summed E-state index contributed by atoms with van der Waals surface area (Å²) < 4.78 is 5.64. The molecular formula is C13H8Cl2N2O. The Balaban J connectivity index is 2.22. The van der Waals surface area contributed by atoms with Crippen LogP contribution in [0.15, 0.2) is 40.8 Å². The lowest BCUT2D eigenvalue weighted by Gasteiger charge is -1.99. The highest BCUT2D eigenvalue weighted by Gasteiger charge is 2.11. The minimum atomic E-state index is 0.451. The van der Waals surface area contributed by atoms with E-state index in [-0.39, 0.29) is 0 Å². The summed E-state index contributed by atoms with van der Waals surface area (Å²) in [7, 11) is 0. The Morgan fingerprint density at radius 2 is 1.94 bits per heavy atom. The number of nitrogens with zero attached hydrogens (tertiary/aromatic N) is 1. The molecule has 0 fully saturated rings. The van der Waals surface area contributed by atoms with Gasteiger partial charge in [-0.2, -0.15) is 0 Å². The number of benzene rings is 2. The van der Waals surface area contributed by atoms with E-state index >= 15 is 0 Å². The number of fused-ring (bicyclic) bond motifs is 1. The molecule has 1 aromatic heterocycles. The molecule has 18 heavy (non-hydrogen) atoms. The molecule has 5 heteroatoms. The third-order valence-electron chi connectivity index (χ3n) is 2.53. The number of aromatic nitrogens is 1. The highest BCUT2D eigenvalue weighted by atomic mass is 35.5. The average Bonchev–Trinajstić information content (AvgIpc) is 2.73. The van der Waals surface area contributed by atoms with E-state index in [1.165, 1.54) is 0 Å². The van der Waals surface area contributed by atoms with Crippen LogP contribution >= 0.6 is 23.2 Å². The first kappa shape index (κ1) is 11.4. The fourth-order valence-corrected chi connectivity index (χ4v) is 2.23. The first-order chi connectivity index (χ1) is 8.63. The maximum atomic E-state index is 6.04. The second-order valence-corrected chi connectivity index (χ2v) is 4.72. The van der Waals surface area contributed by atoms with Gasteiger partial charge in [0.2, 0.25) is 5.89 Å². The highest BCUT2D eigenvalue weighted by Crippen LogP contribution is 2.31. The molecule has 0 spiro atoms. The van der Waals surface area contributed by atoms with Crippen LogP contribution < -0.4 is 5.73 Å². The van der Waals surface area contributed by atoms with Crippen molar-refractivity contribution in [1.29, 1.82) is 0 Å². The smallest absolute Gasteiger partial charge is 0.227 e. The van der Waals surface area contributed by atoms with Crippen LogP contribution in [0.2, 0.25) is 10.0 Å². The fraction of sp³-hybridized carbons (Fsp3) is 0. The van der Waals surface area contributed by atoms with E-state index in [1.54, 1.807) is 24.3 Å². The van der Waals surface area contributed by atoms with Gasteiger partial charge in [-0.15, -0.1) is 0 Å². The summed E-state index contributed by atoms with van der Waals surface area (Å²) in [6, 6.07) is 10.6. The topological polar surface area (TPSA) is 52.0 Å². The Kier molecular flexibility index (Phi) is 2.65. The Morgan fingerprint density at radius 3 is 2.67 bits per heavy atom. The molecule has 0 atom stereocenters. The van der Waals surface area contributed by atoms with Crippen LogP contribution in [0.4, 0.5) is 5.69 Å². The molecule has 3 aromatic rings. The quantitative estimate of drug-likeness (QED) is 0.672. The lowest BCUT2D eigenvalue weighted by Crippen LogP contribution is -1.86. The molecule has 0 radical (unpaired) electrons. The van der Waals surface area contributed by atoms with Gasteiger partial charge in [0.15, 0.2) is 5.58 Å². The summed E-state index contributed by atoms with van der Waals surface area (Å²) in [5.74, 6) is 0.451. The fourth-order valence-electron chi connectivity index (χ4n) is 1.77. The Bertz CT molecular complexity index is 717. The van der Waals surface area contributed by atoms with Gasteiger partial charge in [0.05, 0.1) is 5.02 Å². The number of halogens is 2. The van der Waals surface area contributed by atoms with Crippen molar-refractivity contribution in [3.05, 3.63) is 46.4 Å². The van der Waals surface area contributed by atoms with Crippen LogP contribution in [0, 0.1) is 0 Å². The van der Waals surface area contributed by atoms with Crippen LogP contribution in [0.1, 0.15) is 0 Å². The van der Waals surface area contributed by atoms with Gasteiger partial charge in [0.1, 0.15) is 5.52 Å². The number of oxazole rings is 1. The lowest BCUT2D eigenvalue weighted by atomic mass is 10.2. The number of hydrogen-bond donors (Lipinski definition) is 1. The molecule has 0 amide bonds. The zero-order chi connectivity index (χ0) is 12.7. The highest BCUT2D eigenvalue weighted by molar-refractivity contribution is 6.34. The molecular weight excluding hydrogens is 271 g/mol. The Morgan fingerprint density at radius 1 is 1.11 bits per heavy atom. The molecule has 0 saturated heterocycles. The van der Waals surface area contributed by atoms with Gasteiger partial charge >= 0.3 is 0 Å². The normalized spacial score (nSPS) is 11.0. The van der Waals surface area contributed by atoms with Gasteiger partial charge in [0.25, 0.3) is 0 Å². The molecule has 90 valence electrons. The van der Waals surface area contributed by atoms with Gasteiger partial charge in [0, 0.05) is 16.3 Å². The molecule has 2 N–H and O–H groups in total. The number of para-hydroxylation sites is 1. The number of anilines is 1. The van der Waals surface area contributed by atoms with Gasteiger partial charge < -0.3 is 10.2 Å². The summed E-state index contributed by atoms with van der Waals surface area (Å²) in [6.45, 7) is 0. The molecule has 0 aliphatic rings. The van der Waals surface area contributed by atoms with Crippen molar-refractivity contribution in [2.24, 2.45) is 0 Å². The first-order valence-corrected chi connectivity index (χ1v) is 6.00. The van der Waals surface area contributed by atoms with Crippen molar-refractivity contribution in [1.82, 2.24) is 4.98 Å². The molecule has 0 unspecified atom stereocenters. The van der Waals surface area contributed by atoms with Gasteiger partial charge in [-0.1, -0.05) is 29.3 Å². The lowest BCUT2D eigenvalue weighted by molar-refractivity contribution is 0.620. The monoisotopic (exact) mass is 278 g/mol. The summed E-state index contributed by atoms with van der Waals surface area (Å²) in [5, 5.41) is 1.07. The molecule has 2 aromatic carbocycles. The first-order valence-electron chi connectivity index (χ1n) is 5.25. The predicted octanol–water partition coefficient (Wildman–Crippen LogP) is 4.38. The average molecular weight is 279 g/mol. The van der Waals surface area contributed by atoms with Crippen molar-refractivity contribution in [2.45, 2.75) is 0 Å². The van der Waals surface area contributed by atoms with E-state index < -0.39 is 0 Å². The van der Waals surface area contributed by atoms with E-state index in [0.717, 1.165) is 5.56 Å². The number of nitrogens with two attached hydrogens (primary N) is 1. The zero-order valence-electron chi connectivity index (χ0n) is 9.15. The van der Waals surface area contributed by atoms with Gasteiger partial charge in [-0.05, 0) is 30.3 Å². The minimum absolute atomic E-state index is 0.451. The van der Waals surface area contributed by atoms with Gasteiger partial charge in [-0.25, -0.2) is 4.98 Å². The molecule has 0 saturated carbocycles. The SMILES string of the molecule is Nc1cc(Cl)cc(-c2nc3cccc(Cl)c3o2)c1. The molecule has 1 heterocycles. The number of nitrogen functional groups attached to an aromatic ring is 1. The van der Waals surface area contributed by atoms with E-state index in [4.69, 9.17) is 33.4 Å². The van der Waals surface area contributed by atoms with E-state index in [0.29, 0.717) is 32.7 Å². The van der Waals surface area contributed by atoms with Crippen LogP contribution in [0.25, 0.3) is 22.6 Å². The zero-order valence-corrected chi connectivity index (χ0v) is 10.7. The third-order valence-corrected chi connectivity index (χ3v) is 3.05. The van der Waals surface area contributed by atoms with Crippen molar-refractivity contribution in [3.63, 3.8) is 0 Å². The molecule has 0 aliphatic carbocycles. The molecule has 0 bridgehead atoms. The van der Waals surface area contributed by atoms with Crippen molar-refractivity contribution in [3.8, 4) is 11.5 Å². The number of hydrogen-bond acceptors (Lipinski definition) is 3. The predicted molar refractivity (Wildman–Crippen MR) is 73.9 cm³/mol. The van der Waals surface area contributed by atoms with Crippen LogP contribution in [0.5, 0.6) is 0 Å². The second kappa shape index (κ2) is 4.19. The maximum absolute atomic E-state index is 6.04. The molecule has 0 aliphatic heterocycles. The second-order valence-electron chi connectivity index (χ2n) is 3.88. The molecule has 3 rings (SSSR count).